The molecule has 1 aromatic carbocycles. The standard InChI is InChI=1S/C12H8ClFN4/c13-10-6-12-17-16-11(18(12)7-15-10)5-8-1-3-9(14)4-2-8/h1-4,6-7H,5H2. The van der Waals surface area contributed by atoms with E-state index in [0.29, 0.717) is 17.2 Å². The third-order valence-electron chi connectivity index (χ3n) is 2.61. The summed E-state index contributed by atoms with van der Waals surface area (Å²) < 4.78 is 14.6. The van der Waals surface area contributed by atoms with Crippen molar-refractivity contribution in [3.05, 3.63) is 59.0 Å². The molecule has 0 saturated carbocycles. The van der Waals surface area contributed by atoms with Crippen molar-refractivity contribution < 1.29 is 4.39 Å². The zero-order valence-corrected chi connectivity index (χ0v) is 9.97. The van der Waals surface area contributed by atoms with E-state index in [-0.39, 0.29) is 5.82 Å². The van der Waals surface area contributed by atoms with E-state index in [0.717, 1.165) is 11.4 Å². The van der Waals surface area contributed by atoms with Crippen molar-refractivity contribution in [2.45, 2.75) is 6.42 Å². The molecule has 0 aliphatic carbocycles. The second-order valence-electron chi connectivity index (χ2n) is 3.86. The van der Waals surface area contributed by atoms with Crippen molar-refractivity contribution in [3.63, 3.8) is 0 Å². The molecule has 0 atom stereocenters. The van der Waals surface area contributed by atoms with Crippen LogP contribution in [0.2, 0.25) is 5.15 Å². The SMILES string of the molecule is Fc1ccc(Cc2nnc3cc(Cl)ncn23)cc1. The van der Waals surface area contributed by atoms with Crippen LogP contribution in [0.5, 0.6) is 0 Å². The predicted molar refractivity (Wildman–Crippen MR) is 65.0 cm³/mol. The topological polar surface area (TPSA) is 43.1 Å². The molecule has 4 nitrogen and oxygen atoms in total. The van der Waals surface area contributed by atoms with Gasteiger partial charge in [0.05, 0.1) is 0 Å². The molecule has 0 bridgehead atoms. The normalized spacial score (nSPS) is 11.0. The number of nitrogens with zero attached hydrogens (tertiary/aromatic N) is 4. The fraction of sp³-hybridized carbons (Fsp3) is 0.0833. The lowest BCUT2D eigenvalue weighted by atomic mass is 10.1. The molecule has 90 valence electrons. The summed E-state index contributed by atoms with van der Waals surface area (Å²) >= 11 is 5.77. The second kappa shape index (κ2) is 4.34. The maximum Gasteiger partial charge on any atom is 0.165 e. The van der Waals surface area contributed by atoms with Crippen LogP contribution in [0.4, 0.5) is 4.39 Å². The molecule has 18 heavy (non-hydrogen) atoms. The summed E-state index contributed by atoms with van der Waals surface area (Å²) in [5, 5.41) is 8.46. The maximum atomic E-state index is 12.8. The van der Waals surface area contributed by atoms with Crippen LogP contribution >= 0.6 is 11.6 Å². The number of benzene rings is 1. The Morgan fingerprint density at radius 3 is 2.72 bits per heavy atom. The first kappa shape index (κ1) is 11.1. The van der Waals surface area contributed by atoms with E-state index in [4.69, 9.17) is 11.6 Å². The van der Waals surface area contributed by atoms with Gasteiger partial charge in [0.15, 0.2) is 5.65 Å². The Morgan fingerprint density at radius 1 is 1.17 bits per heavy atom. The molecule has 3 aromatic rings. The van der Waals surface area contributed by atoms with Crippen LogP contribution < -0.4 is 0 Å². The number of fused-ring (bicyclic) bond motifs is 1. The number of aromatic nitrogens is 4. The molecule has 0 aliphatic heterocycles. The van der Waals surface area contributed by atoms with Gasteiger partial charge in [-0.15, -0.1) is 10.2 Å². The van der Waals surface area contributed by atoms with E-state index < -0.39 is 0 Å². The molecule has 0 unspecified atom stereocenters. The third-order valence-corrected chi connectivity index (χ3v) is 2.82. The second-order valence-corrected chi connectivity index (χ2v) is 4.25. The van der Waals surface area contributed by atoms with Gasteiger partial charge in [-0.3, -0.25) is 4.40 Å². The fourth-order valence-corrected chi connectivity index (χ4v) is 1.87. The quantitative estimate of drug-likeness (QED) is 0.667. The van der Waals surface area contributed by atoms with Crippen LogP contribution in [0, 0.1) is 5.82 Å². The first-order chi connectivity index (χ1) is 8.72. The molecule has 3 rings (SSSR count). The Bertz CT molecular complexity index is 693. The van der Waals surface area contributed by atoms with Gasteiger partial charge >= 0.3 is 0 Å². The van der Waals surface area contributed by atoms with Gasteiger partial charge in [0.25, 0.3) is 0 Å². The van der Waals surface area contributed by atoms with Gasteiger partial charge in [0.2, 0.25) is 0 Å². The van der Waals surface area contributed by atoms with Crippen molar-refractivity contribution in [2.75, 3.05) is 0 Å². The highest BCUT2D eigenvalue weighted by Crippen LogP contribution is 2.12. The van der Waals surface area contributed by atoms with Gasteiger partial charge in [-0.1, -0.05) is 23.7 Å². The Balaban J connectivity index is 1.97. The van der Waals surface area contributed by atoms with Crippen LogP contribution in [0.1, 0.15) is 11.4 Å². The van der Waals surface area contributed by atoms with E-state index in [9.17, 15) is 4.39 Å². The summed E-state index contributed by atoms with van der Waals surface area (Å²) in [6.45, 7) is 0. The third kappa shape index (κ3) is 2.04. The summed E-state index contributed by atoms with van der Waals surface area (Å²) in [6.07, 6.45) is 2.14. The van der Waals surface area contributed by atoms with Gasteiger partial charge in [0.1, 0.15) is 23.1 Å². The van der Waals surface area contributed by atoms with Crippen molar-refractivity contribution in [1.82, 2.24) is 19.6 Å². The molecule has 2 heterocycles. The molecule has 0 radical (unpaired) electrons. The van der Waals surface area contributed by atoms with E-state index >= 15 is 0 Å². The first-order valence-corrected chi connectivity index (χ1v) is 5.70. The largest absolute Gasteiger partial charge is 0.269 e. The average Bonchev–Trinajstić information content (AvgIpc) is 2.74. The van der Waals surface area contributed by atoms with Gasteiger partial charge in [-0.05, 0) is 17.7 Å². The molecule has 0 N–H and O–H groups in total. The van der Waals surface area contributed by atoms with Gasteiger partial charge in [0, 0.05) is 12.5 Å². The van der Waals surface area contributed by atoms with Crippen molar-refractivity contribution >= 4 is 17.2 Å². The summed E-state index contributed by atoms with van der Waals surface area (Å²) in [5.74, 6) is 0.485. The minimum Gasteiger partial charge on any atom is -0.269 e. The summed E-state index contributed by atoms with van der Waals surface area (Å²) in [7, 11) is 0. The molecular formula is C12H8ClFN4. The van der Waals surface area contributed by atoms with Crippen LogP contribution in [-0.2, 0) is 6.42 Å². The van der Waals surface area contributed by atoms with E-state index in [1.807, 2.05) is 0 Å². The predicted octanol–water partition coefficient (Wildman–Crippen LogP) is 2.51. The molecule has 0 aliphatic rings. The van der Waals surface area contributed by atoms with Crippen LogP contribution in [-0.4, -0.2) is 19.6 Å². The molecule has 2 aromatic heterocycles. The van der Waals surface area contributed by atoms with Gasteiger partial charge in [-0.2, -0.15) is 0 Å². The van der Waals surface area contributed by atoms with Gasteiger partial charge in [-0.25, -0.2) is 9.37 Å². The van der Waals surface area contributed by atoms with E-state index in [1.165, 1.54) is 12.1 Å². The maximum absolute atomic E-state index is 12.8. The zero-order chi connectivity index (χ0) is 12.5. The lowest BCUT2D eigenvalue weighted by Gasteiger charge is -2.00. The Labute approximate surface area is 107 Å². The van der Waals surface area contributed by atoms with Crippen molar-refractivity contribution in [2.24, 2.45) is 0 Å². The molecular weight excluding hydrogens is 255 g/mol. The lowest BCUT2D eigenvalue weighted by Crippen LogP contribution is -1.97. The Morgan fingerprint density at radius 2 is 1.94 bits per heavy atom. The minimum absolute atomic E-state index is 0.252. The van der Waals surface area contributed by atoms with Crippen molar-refractivity contribution in [3.8, 4) is 0 Å². The van der Waals surface area contributed by atoms with Crippen molar-refractivity contribution in [1.29, 1.82) is 0 Å². The lowest BCUT2D eigenvalue weighted by molar-refractivity contribution is 0.627. The summed E-state index contributed by atoms with van der Waals surface area (Å²) in [6, 6.07) is 7.93. The highest BCUT2D eigenvalue weighted by atomic mass is 35.5. The molecule has 0 amide bonds. The monoisotopic (exact) mass is 262 g/mol. The zero-order valence-electron chi connectivity index (χ0n) is 9.22. The number of rotatable bonds is 2. The molecule has 0 saturated heterocycles. The van der Waals surface area contributed by atoms with E-state index in [1.54, 1.807) is 28.9 Å². The summed E-state index contributed by atoms with van der Waals surface area (Å²) in [4.78, 5) is 3.98. The number of hydrogen-bond acceptors (Lipinski definition) is 3. The van der Waals surface area contributed by atoms with Crippen LogP contribution in [0.25, 0.3) is 5.65 Å². The number of halogens is 2. The van der Waals surface area contributed by atoms with Crippen LogP contribution in [0.15, 0.2) is 36.7 Å². The Kier molecular flexibility index (Phi) is 2.68. The Hall–Kier alpha value is -2.01. The molecule has 6 heteroatoms. The van der Waals surface area contributed by atoms with Crippen LogP contribution in [0.3, 0.4) is 0 Å². The average molecular weight is 263 g/mol. The highest BCUT2D eigenvalue weighted by molar-refractivity contribution is 6.29. The molecule has 0 fully saturated rings. The van der Waals surface area contributed by atoms with Gasteiger partial charge < -0.3 is 0 Å². The first-order valence-electron chi connectivity index (χ1n) is 5.32. The smallest absolute Gasteiger partial charge is 0.165 e. The fourth-order valence-electron chi connectivity index (χ4n) is 1.72. The summed E-state index contributed by atoms with van der Waals surface area (Å²) in [5.41, 5.74) is 1.60. The highest BCUT2D eigenvalue weighted by Gasteiger charge is 2.07. The number of hydrogen-bond donors (Lipinski definition) is 0. The molecule has 0 spiro atoms. The minimum atomic E-state index is -0.252. The van der Waals surface area contributed by atoms with E-state index in [2.05, 4.69) is 15.2 Å².